The Morgan fingerprint density at radius 3 is 2.40 bits per heavy atom. The van der Waals surface area contributed by atoms with E-state index in [1.54, 1.807) is 0 Å². The number of carbonyl (C=O) groups is 1. The van der Waals surface area contributed by atoms with Crippen molar-refractivity contribution in [2.45, 2.75) is 13.1 Å². The van der Waals surface area contributed by atoms with Gasteiger partial charge in [-0.3, -0.25) is 0 Å². The lowest BCUT2D eigenvalue weighted by Crippen LogP contribution is -2.43. The normalized spacial score (nSPS) is 15.3. The van der Waals surface area contributed by atoms with Crippen LogP contribution < -0.4 is 10.2 Å². The number of carboxylic acids is 1. The third-order valence-electron chi connectivity index (χ3n) is 2.58. The molecule has 1 saturated heterocycles. The molecule has 0 amide bonds. The number of aromatic nitrogens is 1. The first kappa shape index (κ1) is 16.2. The molecule has 1 aromatic rings. The van der Waals surface area contributed by atoms with Crippen molar-refractivity contribution in [3.63, 3.8) is 0 Å². The van der Waals surface area contributed by atoms with Crippen molar-refractivity contribution in [2.75, 3.05) is 31.1 Å². The van der Waals surface area contributed by atoms with E-state index in [0.29, 0.717) is 0 Å². The number of pyridine rings is 1. The quantitative estimate of drug-likeness (QED) is 0.819. The zero-order valence-corrected chi connectivity index (χ0v) is 10.9. The maximum absolute atomic E-state index is 10.6. The fourth-order valence-electron chi connectivity index (χ4n) is 1.59. The maximum Gasteiger partial charge on any atom is 0.490 e. The summed E-state index contributed by atoms with van der Waals surface area (Å²) in [7, 11) is 0. The van der Waals surface area contributed by atoms with Crippen LogP contribution in [-0.2, 0) is 4.79 Å². The predicted molar refractivity (Wildman–Crippen MR) is 67.7 cm³/mol. The molecule has 0 bridgehead atoms. The molecule has 0 spiro atoms. The Bertz CT molecular complexity index is 446. The van der Waals surface area contributed by atoms with Crippen LogP contribution in [-0.4, -0.2) is 48.4 Å². The van der Waals surface area contributed by atoms with Crippen molar-refractivity contribution in [2.24, 2.45) is 0 Å². The van der Waals surface area contributed by atoms with Crippen LogP contribution in [0.3, 0.4) is 0 Å². The second-order valence-electron chi connectivity index (χ2n) is 4.23. The molecule has 1 aliphatic heterocycles. The molecule has 1 fully saturated rings. The lowest BCUT2D eigenvalue weighted by atomic mass is 10.2. The summed E-state index contributed by atoms with van der Waals surface area (Å²) in [6, 6.07) is 4.18. The summed E-state index contributed by atoms with van der Waals surface area (Å²) in [4.78, 5) is 15.6. The SMILES string of the molecule is Cc1ccnc(N2CCNCC2)c1.O=C(O)C(F)(F)F. The molecular weight excluding hydrogens is 275 g/mol. The molecule has 0 aromatic carbocycles. The molecule has 112 valence electrons. The van der Waals surface area contributed by atoms with Gasteiger partial charge in [-0.25, -0.2) is 9.78 Å². The average Bonchev–Trinajstić information content (AvgIpc) is 2.39. The number of piperazine rings is 1. The molecule has 2 N–H and O–H groups in total. The maximum atomic E-state index is 10.6. The van der Waals surface area contributed by atoms with Crippen molar-refractivity contribution in [3.05, 3.63) is 23.9 Å². The van der Waals surface area contributed by atoms with Gasteiger partial charge in [0.25, 0.3) is 0 Å². The minimum atomic E-state index is -5.08. The first-order chi connectivity index (χ1) is 9.30. The van der Waals surface area contributed by atoms with E-state index < -0.39 is 12.1 Å². The average molecular weight is 291 g/mol. The fraction of sp³-hybridized carbons (Fsp3) is 0.500. The Hall–Kier alpha value is -1.83. The smallest absolute Gasteiger partial charge is 0.475 e. The van der Waals surface area contributed by atoms with Gasteiger partial charge in [0.05, 0.1) is 0 Å². The molecule has 1 aromatic heterocycles. The monoisotopic (exact) mass is 291 g/mol. The summed E-state index contributed by atoms with van der Waals surface area (Å²) in [6.07, 6.45) is -3.20. The number of anilines is 1. The van der Waals surface area contributed by atoms with Crippen LogP contribution in [0.4, 0.5) is 19.0 Å². The first-order valence-corrected chi connectivity index (χ1v) is 5.99. The van der Waals surface area contributed by atoms with E-state index in [-0.39, 0.29) is 0 Å². The zero-order chi connectivity index (χ0) is 15.2. The number of rotatable bonds is 1. The number of hydrogen-bond acceptors (Lipinski definition) is 4. The van der Waals surface area contributed by atoms with Gasteiger partial charge in [0.15, 0.2) is 0 Å². The highest BCUT2D eigenvalue weighted by Gasteiger charge is 2.38. The van der Waals surface area contributed by atoms with Crippen molar-refractivity contribution in [1.29, 1.82) is 0 Å². The van der Waals surface area contributed by atoms with Crippen LogP contribution in [0.25, 0.3) is 0 Å². The number of carboxylic acid groups (broad SMARTS) is 1. The first-order valence-electron chi connectivity index (χ1n) is 5.99. The van der Waals surface area contributed by atoms with Gasteiger partial charge in [0, 0.05) is 32.4 Å². The van der Waals surface area contributed by atoms with Crippen molar-refractivity contribution < 1.29 is 23.1 Å². The van der Waals surface area contributed by atoms with Crippen LogP contribution in [0.2, 0.25) is 0 Å². The number of nitrogens with one attached hydrogen (secondary N) is 1. The van der Waals surface area contributed by atoms with Gasteiger partial charge >= 0.3 is 12.1 Å². The van der Waals surface area contributed by atoms with E-state index >= 15 is 0 Å². The summed E-state index contributed by atoms with van der Waals surface area (Å²) in [5.74, 6) is -1.64. The summed E-state index contributed by atoms with van der Waals surface area (Å²) < 4.78 is 31.7. The topological polar surface area (TPSA) is 65.5 Å². The molecule has 0 saturated carbocycles. The number of aliphatic carboxylic acids is 1. The molecule has 2 heterocycles. The lowest BCUT2D eigenvalue weighted by molar-refractivity contribution is -0.192. The van der Waals surface area contributed by atoms with E-state index in [1.165, 1.54) is 5.56 Å². The molecule has 0 aliphatic carbocycles. The molecule has 0 atom stereocenters. The minimum absolute atomic E-state index is 1.07. The molecule has 2 rings (SSSR count). The lowest BCUT2D eigenvalue weighted by Gasteiger charge is -2.28. The molecule has 0 radical (unpaired) electrons. The van der Waals surface area contributed by atoms with Crippen LogP contribution in [0.15, 0.2) is 18.3 Å². The molecule has 0 unspecified atom stereocenters. The third-order valence-corrected chi connectivity index (χ3v) is 2.58. The van der Waals surface area contributed by atoms with Gasteiger partial charge in [-0.15, -0.1) is 0 Å². The van der Waals surface area contributed by atoms with Gasteiger partial charge in [-0.1, -0.05) is 0 Å². The molecule has 8 heteroatoms. The minimum Gasteiger partial charge on any atom is -0.475 e. The number of alkyl halides is 3. The van der Waals surface area contributed by atoms with Gasteiger partial charge in [-0.05, 0) is 24.6 Å². The highest BCUT2D eigenvalue weighted by Crippen LogP contribution is 2.13. The Balaban J connectivity index is 0.000000246. The van der Waals surface area contributed by atoms with E-state index in [1.807, 2.05) is 12.3 Å². The highest BCUT2D eigenvalue weighted by molar-refractivity contribution is 5.73. The fourth-order valence-corrected chi connectivity index (χ4v) is 1.59. The molecule has 1 aliphatic rings. The van der Waals surface area contributed by atoms with Gasteiger partial charge in [-0.2, -0.15) is 13.2 Å². The highest BCUT2D eigenvalue weighted by atomic mass is 19.4. The van der Waals surface area contributed by atoms with Gasteiger partial charge in [0.2, 0.25) is 0 Å². The Morgan fingerprint density at radius 2 is 1.95 bits per heavy atom. The predicted octanol–water partition coefficient (Wildman–Crippen LogP) is 1.43. The van der Waals surface area contributed by atoms with Crippen LogP contribution in [0.5, 0.6) is 0 Å². The summed E-state index contributed by atoms with van der Waals surface area (Å²) >= 11 is 0. The van der Waals surface area contributed by atoms with Crippen molar-refractivity contribution in [3.8, 4) is 0 Å². The molecule has 20 heavy (non-hydrogen) atoms. The van der Waals surface area contributed by atoms with E-state index in [0.717, 1.165) is 32.0 Å². The Morgan fingerprint density at radius 1 is 1.40 bits per heavy atom. The van der Waals surface area contributed by atoms with E-state index in [4.69, 9.17) is 9.90 Å². The largest absolute Gasteiger partial charge is 0.490 e. The summed E-state index contributed by atoms with van der Waals surface area (Å²) in [5, 5.41) is 10.5. The molecular formula is C12H16F3N3O2. The van der Waals surface area contributed by atoms with E-state index in [9.17, 15) is 13.2 Å². The standard InChI is InChI=1S/C10H15N3.C2HF3O2/c1-9-2-3-12-10(8-9)13-6-4-11-5-7-13;3-2(4,5)1(6)7/h2-3,8,11H,4-7H2,1H3;(H,6,7). The van der Waals surface area contributed by atoms with Crippen molar-refractivity contribution >= 4 is 11.8 Å². The van der Waals surface area contributed by atoms with Crippen LogP contribution in [0, 0.1) is 6.92 Å². The van der Waals surface area contributed by atoms with Crippen LogP contribution >= 0.6 is 0 Å². The van der Waals surface area contributed by atoms with Gasteiger partial charge in [0.1, 0.15) is 5.82 Å². The second-order valence-corrected chi connectivity index (χ2v) is 4.23. The Labute approximate surface area is 114 Å². The second kappa shape index (κ2) is 7.09. The number of nitrogens with zero attached hydrogens (tertiary/aromatic N) is 2. The summed E-state index contributed by atoms with van der Waals surface area (Å²) in [6.45, 7) is 6.37. The number of halogens is 3. The summed E-state index contributed by atoms with van der Waals surface area (Å²) in [5.41, 5.74) is 1.28. The third kappa shape index (κ3) is 5.43. The van der Waals surface area contributed by atoms with E-state index in [2.05, 4.69) is 28.2 Å². The van der Waals surface area contributed by atoms with Crippen molar-refractivity contribution in [1.82, 2.24) is 10.3 Å². The zero-order valence-electron chi connectivity index (χ0n) is 10.9. The number of aryl methyl sites for hydroxylation is 1. The number of hydrogen-bond donors (Lipinski definition) is 2. The Kier molecular flexibility index (Phi) is 5.75. The van der Waals surface area contributed by atoms with Crippen LogP contribution in [0.1, 0.15) is 5.56 Å². The molecule has 5 nitrogen and oxygen atoms in total. The van der Waals surface area contributed by atoms with Gasteiger partial charge < -0.3 is 15.3 Å².